The minimum absolute atomic E-state index is 0.389. The van der Waals surface area contributed by atoms with Crippen molar-refractivity contribution in [2.45, 2.75) is 26.4 Å². The van der Waals surface area contributed by atoms with Crippen LogP contribution in [0.4, 0.5) is 4.39 Å². The molecule has 2 heterocycles. The minimum atomic E-state index is -1.43. The molecule has 2 aromatic heterocycles. The van der Waals surface area contributed by atoms with Crippen LogP contribution in [0.5, 0.6) is 0 Å². The van der Waals surface area contributed by atoms with E-state index in [0.29, 0.717) is 11.3 Å². The zero-order valence-corrected chi connectivity index (χ0v) is 13.1. The SMILES string of the molecule is CC(C)(C)C(O)(c1cncc(F)c1)c1ccc(Br)cn1. The molecule has 20 heavy (non-hydrogen) atoms. The van der Waals surface area contributed by atoms with Crippen molar-refractivity contribution in [3.63, 3.8) is 0 Å². The Hall–Kier alpha value is -1.33. The third-order valence-electron chi connectivity index (χ3n) is 3.31. The van der Waals surface area contributed by atoms with Gasteiger partial charge in [-0.25, -0.2) is 4.39 Å². The first-order valence-corrected chi connectivity index (χ1v) is 7.00. The van der Waals surface area contributed by atoms with E-state index in [-0.39, 0.29) is 0 Å². The van der Waals surface area contributed by atoms with Crippen LogP contribution in [0.2, 0.25) is 0 Å². The third-order valence-corrected chi connectivity index (χ3v) is 3.78. The summed E-state index contributed by atoms with van der Waals surface area (Å²) in [5.41, 5.74) is -1.16. The smallest absolute Gasteiger partial charge is 0.141 e. The van der Waals surface area contributed by atoms with Gasteiger partial charge in [0.25, 0.3) is 0 Å². The molecule has 0 aliphatic heterocycles. The van der Waals surface area contributed by atoms with Crippen LogP contribution in [0.25, 0.3) is 0 Å². The highest BCUT2D eigenvalue weighted by molar-refractivity contribution is 9.10. The largest absolute Gasteiger partial charge is 0.378 e. The molecule has 2 rings (SSSR count). The molecule has 0 spiro atoms. The van der Waals surface area contributed by atoms with Gasteiger partial charge in [0.2, 0.25) is 0 Å². The molecule has 0 aliphatic carbocycles. The van der Waals surface area contributed by atoms with E-state index in [4.69, 9.17) is 0 Å². The second-order valence-corrected chi connectivity index (χ2v) is 6.63. The van der Waals surface area contributed by atoms with Gasteiger partial charge in [0.05, 0.1) is 11.9 Å². The van der Waals surface area contributed by atoms with Crippen molar-refractivity contribution in [1.29, 1.82) is 0 Å². The van der Waals surface area contributed by atoms with E-state index in [1.54, 1.807) is 18.3 Å². The number of nitrogens with zero attached hydrogens (tertiary/aromatic N) is 2. The highest BCUT2D eigenvalue weighted by atomic mass is 79.9. The molecule has 106 valence electrons. The number of pyridine rings is 2. The molecule has 5 heteroatoms. The van der Waals surface area contributed by atoms with Crippen LogP contribution in [0.15, 0.2) is 41.3 Å². The summed E-state index contributed by atoms with van der Waals surface area (Å²) in [6.07, 6.45) is 4.19. The predicted molar refractivity (Wildman–Crippen MR) is 78.6 cm³/mol. The van der Waals surface area contributed by atoms with Crippen molar-refractivity contribution in [3.05, 3.63) is 58.3 Å². The molecule has 3 nitrogen and oxygen atoms in total. The molecule has 0 aromatic carbocycles. The number of hydrogen-bond acceptors (Lipinski definition) is 3. The Morgan fingerprint density at radius 1 is 1.15 bits per heavy atom. The number of aliphatic hydroxyl groups is 1. The number of aromatic nitrogens is 2. The Balaban J connectivity index is 2.66. The van der Waals surface area contributed by atoms with E-state index < -0.39 is 16.8 Å². The molecule has 0 aliphatic rings. The van der Waals surface area contributed by atoms with E-state index in [0.717, 1.165) is 10.7 Å². The lowest BCUT2D eigenvalue weighted by Gasteiger charge is -2.40. The number of halogens is 2. The molecule has 0 bridgehead atoms. The lowest BCUT2D eigenvalue weighted by atomic mass is 9.70. The van der Waals surface area contributed by atoms with E-state index >= 15 is 0 Å². The van der Waals surface area contributed by atoms with Gasteiger partial charge in [-0.05, 0) is 34.1 Å². The first-order valence-electron chi connectivity index (χ1n) is 6.20. The lowest BCUT2D eigenvalue weighted by molar-refractivity contribution is -0.0301. The van der Waals surface area contributed by atoms with Crippen LogP contribution < -0.4 is 0 Å². The van der Waals surface area contributed by atoms with Crippen LogP contribution in [0, 0.1) is 11.2 Å². The van der Waals surface area contributed by atoms with Crippen molar-refractivity contribution in [1.82, 2.24) is 9.97 Å². The Bertz CT molecular complexity index is 610. The van der Waals surface area contributed by atoms with Crippen LogP contribution in [-0.4, -0.2) is 15.1 Å². The second kappa shape index (κ2) is 5.22. The summed E-state index contributed by atoms with van der Waals surface area (Å²) in [5, 5.41) is 11.2. The zero-order chi connectivity index (χ0) is 15.0. The van der Waals surface area contributed by atoms with Gasteiger partial charge in [0.1, 0.15) is 11.4 Å². The highest BCUT2D eigenvalue weighted by Crippen LogP contribution is 2.43. The summed E-state index contributed by atoms with van der Waals surface area (Å²) >= 11 is 3.31. The van der Waals surface area contributed by atoms with Crippen molar-refractivity contribution >= 4 is 15.9 Å². The third kappa shape index (κ3) is 2.60. The van der Waals surface area contributed by atoms with Gasteiger partial charge in [-0.3, -0.25) is 9.97 Å². The fourth-order valence-electron chi connectivity index (χ4n) is 2.16. The maximum absolute atomic E-state index is 13.5. The molecule has 0 amide bonds. The van der Waals surface area contributed by atoms with E-state index in [1.807, 2.05) is 20.8 Å². The maximum Gasteiger partial charge on any atom is 0.141 e. The first kappa shape index (κ1) is 15.1. The summed E-state index contributed by atoms with van der Waals surface area (Å²) in [6, 6.07) is 4.81. The minimum Gasteiger partial charge on any atom is -0.378 e. The van der Waals surface area contributed by atoms with Crippen LogP contribution in [0.3, 0.4) is 0 Å². The quantitative estimate of drug-likeness (QED) is 0.908. The monoisotopic (exact) mass is 338 g/mol. The van der Waals surface area contributed by atoms with Gasteiger partial charge >= 0.3 is 0 Å². The van der Waals surface area contributed by atoms with Gasteiger partial charge < -0.3 is 5.11 Å². The molecule has 2 aromatic rings. The van der Waals surface area contributed by atoms with E-state index in [1.165, 1.54) is 12.3 Å². The summed E-state index contributed by atoms with van der Waals surface area (Å²) in [5.74, 6) is -0.484. The van der Waals surface area contributed by atoms with Crippen molar-refractivity contribution in [3.8, 4) is 0 Å². The number of rotatable bonds is 2. The standard InChI is InChI=1S/C15H16BrFN2O/c1-14(2,3)15(20,10-6-12(17)9-18-7-10)13-5-4-11(16)8-19-13/h4-9,20H,1-3H3. The summed E-state index contributed by atoms with van der Waals surface area (Å²) < 4.78 is 14.3. The van der Waals surface area contributed by atoms with E-state index in [2.05, 4.69) is 25.9 Å². The Labute approximate surface area is 126 Å². The van der Waals surface area contributed by atoms with Crippen LogP contribution in [-0.2, 0) is 5.60 Å². The normalized spacial score (nSPS) is 14.9. The molecule has 1 unspecified atom stereocenters. The van der Waals surface area contributed by atoms with Crippen molar-refractivity contribution in [2.75, 3.05) is 0 Å². The Morgan fingerprint density at radius 2 is 1.85 bits per heavy atom. The zero-order valence-electron chi connectivity index (χ0n) is 11.6. The van der Waals surface area contributed by atoms with Crippen LogP contribution >= 0.6 is 15.9 Å². The summed E-state index contributed by atoms with van der Waals surface area (Å²) in [7, 11) is 0. The number of hydrogen-bond donors (Lipinski definition) is 1. The summed E-state index contributed by atoms with van der Waals surface area (Å²) in [4.78, 5) is 8.11. The average Bonchev–Trinajstić information content (AvgIpc) is 2.37. The lowest BCUT2D eigenvalue weighted by Crippen LogP contribution is -2.42. The molecular formula is C15H16BrFN2O. The molecule has 0 saturated carbocycles. The fourth-order valence-corrected chi connectivity index (χ4v) is 2.40. The first-order chi connectivity index (χ1) is 9.25. The maximum atomic E-state index is 13.5. The van der Waals surface area contributed by atoms with Gasteiger partial charge in [0, 0.05) is 27.8 Å². The van der Waals surface area contributed by atoms with E-state index in [9.17, 15) is 9.50 Å². The molecule has 0 fully saturated rings. The highest BCUT2D eigenvalue weighted by Gasteiger charge is 2.45. The second-order valence-electron chi connectivity index (χ2n) is 5.71. The summed E-state index contributed by atoms with van der Waals surface area (Å²) in [6.45, 7) is 5.63. The van der Waals surface area contributed by atoms with Gasteiger partial charge in [0.15, 0.2) is 0 Å². The van der Waals surface area contributed by atoms with Crippen molar-refractivity contribution in [2.24, 2.45) is 5.41 Å². The van der Waals surface area contributed by atoms with Crippen molar-refractivity contribution < 1.29 is 9.50 Å². The Morgan fingerprint density at radius 3 is 2.35 bits per heavy atom. The molecule has 0 radical (unpaired) electrons. The fraction of sp³-hybridized carbons (Fsp3) is 0.333. The predicted octanol–water partition coefficient (Wildman–Crippen LogP) is 3.66. The Kier molecular flexibility index (Phi) is 3.93. The molecule has 1 atom stereocenters. The molecule has 1 N–H and O–H groups in total. The average molecular weight is 339 g/mol. The van der Waals surface area contributed by atoms with Gasteiger partial charge in [-0.1, -0.05) is 20.8 Å². The molecular weight excluding hydrogens is 323 g/mol. The van der Waals surface area contributed by atoms with Gasteiger partial charge in [-0.2, -0.15) is 0 Å². The topological polar surface area (TPSA) is 46.0 Å². The van der Waals surface area contributed by atoms with Crippen LogP contribution in [0.1, 0.15) is 32.0 Å². The van der Waals surface area contributed by atoms with Gasteiger partial charge in [-0.15, -0.1) is 0 Å². The molecule has 0 saturated heterocycles.